The number of esters is 1. The van der Waals surface area contributed by atoms with Gasteiger partial charge in [0.25, 0.3) is 0 Å². The zero-order valence-electron chi connectivity index (χ0n) is 11.8. The highest BCUT2D eigenvalue weighted by molar-refractivity contribution is 5.93. The van der Waals surface area contributed by atoms with E-state index in [4.69, 9.17) is 4.74 Å². The molecule has 1 aromatic carbocycles. The van der Waals surface area contributed by atoms with Gasteiger partial charge in [-0.15, -0.1) is 12.4 Å². The van der Waals surface area contributed by atoms with E-state index >= 15 is 0 Å². The summed E-state index contributed by atoms with van der Waals surface area (Å²) in [6, 6.07) is 6.63. The Labute approximate surface area is 129 Å². The number of rotatable bonds is 4. The highest BCUT2D eigenvalue weighted by Crippen LogP contribution is 2.11. The summed E-state index contributed by atoms with van der Waals surface area (Å²) < 4.78 is 9.90. The fraction of sp³-hybridized carbons (Fsp3) is 0.429. The van der Waals surface area contributed by atoms with Gasteiger partial charge in [0.2, 0.25) is 5.91 Å². The second kappa shape index (κ2) is 8.61. The predicted molar refractivity (Wildman–Crippen MR) is 80.9 cm³/mol. The SMILES string of the molecule is COC(=O)c1ccc(NC(=O)CC2COCCN2)cc1.Cl. The van der Waals surface area contributed by atoms with Crippen molar-refractivity contribution in [2.24, 2.45) is 0 Å². The smallest absolute Gasteiger partial charge is 0.337 e. The zero-order chi connectivity index (χ0) is 14.4. The highest BCUT2D eigenvalue weighted by Gasteiger charge is 2.16. The Balaban J connectivity index is 0.00000220. The Hall–Kier alpha value is -1.63. The van der Waals surface area contributed by atoms with Crippen molar-refractivity contribution >= 4 is 30.0 Å². The molecule has 1 unspecified atom stereocenters. The van der Waals surface area contributed by atoms with Crippen LogP contribution in [-0.4, -0.2) is 44.8 Å². The standard InChI is InChI=1S/C14H18N2O4.ClH/c1-19-14(18)10-2-4-11(5-3-10)16-13(17)8-12-9-20-7-6-15-12;/h2-5,12,15H,6-9H2,1H3,(H,16,17);1H. The molecule has 1 heterocycles. The number of carbonyl (C=O) groups is 2. The van der Waals surface area contributed by atoms with E-state index in [1.807, 2.05) is 0 Å². The minimum atomic E-state index is -0.397. The van der Waals surface area contributed by atoms with E-state index in [9.17, 15) is 9.59 Å². The first-order chi connectivity index (χ1) is 9.69. The van der Waals surface area contributed by atoms with Gasteiger partial charge in [0.05, 0.1) is 25.9 Å². The number of hydrogen-bond donors (Lipinski definition) is 2. The molecular formula is C14H19ClN2O4. The second-order valence-corrected chi connectivity index (χ2v) is 4.55. The molecule has 7 heteroatoms. The number of hydrogen-bond acceptors (Lipinski definition) is 5. The number of carbonyl (C=O) groups excluding carboxylic acids is 2. The van der Waals surface area contributed by atoms with Crippen LogP contribution in [0.2, 0.25) is 0 Å². The third-order valence-electron chi connectivity index (χ3n) is 3.02. The van der Waals surface area contributed by atoms with E-state index < -0.39 is 5.97 Å². The van der Waals surface area contributed by atoms with E-state index in [-0.39, 0.29) is 24.4 Å². The number of morpholine rings is 1. The molecule has 0 bridgehead atoms. The van der Waals surface area contributed by atoms with Crippen molar-refractivity contribution in [1.29, 1.82) is 0 Å². The quantitative estimate of drug-likeness (QED) is 0.817. The summed E-state index contributed by atoms with van der Waals surface area (Å²) in [5.41, 5.74) is 1.10. The molecule has 21 heavy (non-hydrogen) atoms. The lowest BCUT2D eigenvalue weighted by Crippen LogP contribution is -2.43. The average molecular weight is 315 g/mol. The van der Waals surface area contributed by atoms with Crippen LogP contribution in [0.3, 0.4) is 0 Å². The van der Waals surface area contributed by atoms with Crippen LogP contribution < -0.4 is 10.6 Å². The molecule has 6 nitrogen and oxygen atoms in total. The van der Waals surface area contributed by atoms with Crippen molar-refractivity contribution in [3.8, 4) is 0 Å². The first-order valence-corrected chi connectivity index (χ1v) is 6.48. The number of nitrogens with one attached hydrogen (secondary N) is 2. The van der Waals surface area contributed by atoms with Crippen LogP contribution in [0.1, 0.15) is 16.8 Å². The molecule has 0 aliphatic carbocycles. The minimum Gasteiger partial charge on any atom is -0.465 e. The van der Waals surface area contributed by atoms with Gasteiger partial charge in [0.1, 0.15) is 0 Å². The Bertz CT molecular complexity index is 472. The van der Waals surface area contributed by atoms with Crippen molar-refractivity contribution in [2.45, 2.75) is 12.5 Å². The minimum absolute atomic E-state index is 0. The summed E-state index contributed by atoms with van der Waals surface area (Å²) in [6.45, 7) is 2.01. The van der Waals surface area contributed by atoms with E-state index in [2.05, 4.69) is 15.4 Å². The lowest BCUT2D eigenvalue weighted by Gasteiger charge is -2.23. The van der Waals surface area contributed by atoms with E-state index in [1.165, 1.54) is 7.11 Å². The Morgan fingerprint density at radius 2 is 2.10 bits per heavy atom. The molecule has 1 aliphatic rings. The maximum atomic E-state index is 11.9. The van der Waals surface area contributed by atoms with Crippen LogP contribution in [-0.2, 0) is 14.3 Å². The lowest BCUT2D eigenvalue weighted by molar-refractivity contribution is -0.117. The van der Waals surface area contributed by atoms with Crippen molar-refractivity contribution in [3.63, 3.8) is 0 Å². The Kier molecular flexibility index (Phi) is 7.14. The number of ether oxygens (including phenoxy) is 2. The van der Waals surface area contributed by atoms with E-state index in [1.54, 1.807) is 24.3 Å². The molecule has 1 aliphatic heterocycles. The van der Waals surface area contributed by atoms with Crippen LogP contribution >= 0.6 is 12.4 Å². The van der Waals surface area contributed by atoms with Gasteiger partial charge in [0, 0.05) is 24.7 Å². The second-order valence-electron chi connectivity index (χ2n) is 4.55. The first kappa shape index (κ1) is 17.4. The number of benzene rings is 1. The van der Waals surface area contributed by atoms with E-state index in [0.29, 0.717) is 30.9 Å². The zero-order valence-corrected chi connectivity index (χ0v) is 12.6. The molecule has 2 rings (SSSR count). The van der Waals surface area contributed by atoms with Crippen LogP contribution in [0, 0.1) is 0 Å². The third kappa shape index (κ3) is 5.34. The monoisotopic (exact) mass is 314 g/mol. The van der Waals surface area contributed by atoms with Crippen molar-refractivity contribution in [3.05, 3.63) is 29.8 Å². The van der Waals surface area contributed by atoms with Gasteiger partial charge in [0.15, 0.2) is 0 Å². The van der Waals surface area contributed by atoms with Crippen molar-refractivity contribution in [2.75, 3.05) is 32.2 Å². The molecule has 0 saturated carbocycles. The third-order valence-corrected chi connectivity index (χ3v) is 3.02. The van der Waals surface area contributed by atoms with Gasteiger partial charge >= 0.3 is 5.97 Å². The summed E-state index contributed by atoms with van der Waals surface area (Å²) in [4.78, 5) is 23.1. The summed E-state index contributed by atoms with van der Waals surface area (Å²) >= 11 is 0. The Morgan fingerprint density at radius 3 is 2.67 bits per heavy atom. The van der Waals surface area contributed by atoms with Crippen LogP contribution in [0.15, 0.2) is 24.3 Å². The average Bonchev–Trinajstić information content (AvgIpc) is 2.48. The fourth-order valence-electron chi connectivity index (χ4n) is 1.99. The molecule has 1 fully saturated rings. The van der Waals surface area contributed by atoms with Crippen molar-refractivity contribution in [1.82, 2.24) is 5.32 Å². The molecule has 0 aromatic heterocycles. The highest BCUT2D eigenvalue weighted by atomic mass is 35.5. The van der Waals surface area contributed by atoms with Gasteiger partial charge in [-0.25, -0.2) is 4.79 Å². The normalized spacial score (nSPS) is 17.5. The summed E-state index contributed by atoms with van der Waals surface area (Å²) in [6.07, 6.45) is 0.360. The first-order valence-electron chi connectivity index (χ1n) is 6.48. The molecule has 1 aromatic rings. The van der Waals surface area contributed by atoms with Gasteiger partial charge < -0.3 is 20.1 Å². The number of amides is 1. The molecular weight excluding hydrogens is 296 g/mol. The molecule has 2 N–H and O–H groups in total. The van der Waals surface area contributed by atoms with Crippen LogP contribution in [0.25, 0.3) is 0 Å². The van der Waals surface area contributed by atoms with Crippen molar-refractivity contribution < 1.29 is 19.1 Å². The number of halogens is 1. The summed E-state index contributed by atoms with van der Waals surface area (Å²) in [7, 11) is 1.33. The summed E-state index contributed by atoms with van der Waals surface area (Å²) in [5, 5.41) is 6.01. The molecule has 116 valence electrons. The largest absolute Gasteiger partial charge is 0.465 e. The van der Waals surface area contributed by atoms with Gasteiger partial charge in [-0.1, -0.05) is 0 Å². The number of anilines is 1. The topological polar surface area (TPSA) is 76.7 Å². The molecule has 1 amide bonds. The number of methoxy groups -OCH3 is 1. The molecule has 0 radical (unpaired) electrons. The van der Waals surface area contributed by atoms with Gasteiger partial charge in [-0.05, 0) is 24.3 Å². The van der Waals surface area contributed by atoms with Crippen LogP contribution in [0.4, 0.5) is 5.69 Å². The van der Waals surface area contributed by atoms with E-state index in [0.717, 1.165) is 6.54 Å². The maximum absolute atomic E-state index is 11.9. The molecule has 0 spiro atoms. The fourth-order valence-corrected chi connectivity index (χ4v) is 1.99. The molecule has 1 atom stereocenters. The van der Waals surface area contributed by atoms with Gasteiger partial charge in [-0.3, -0.25) is 4.79 Å². The van der Waals surface area contributed by atoms with Crippen LogP contribution in [0.5, 0.6) is 0 Å². The maximum Gasteiger partial charge on any atom is 0.337 e. The Morgan fingerprint density at radius 1 is 1.38 bits per heavy atom. The predicted octanol–water partition coefficient (Wildman–Crippen LogP) is 1.21. The molecule has 1 saturated heterocycles. The van der Waals surface area contributed by atoms with Gasteiger partial charge in [-0.2, -0.15) is 0 Å². The summed E-state index contributed by atoms with van der Waals surface area (Å²) in [5.74, 6) is -0.481. The lowest BCUT2D eigenvalue weighted by atomic mass is 10.1.